The smallest absolute Gasteiger partial charge is 0.408 e. The van der Waals surface area contributed by atoms with Crippen LogP contribution in [0.25, 0.3) is 11.1 Å². The lowest BCUT2D eigenvalue weighted by atomic mass is 9.99. The molecule has 0 aliphatic rings. The summed E-state index contributed by atoms with van der Waals surface area (Å²) in [5, 5.41) is 0. The average Bonchev–Trinajstić information content (AvgIpc) is 2.82. The van der Waals surface area contributed by atoms with Gasteiger partial charge in [-0.1, -0.05) is 12.1 Å². The van der Waals surface area contributed by atoms with Gasteiger partial charge in [0.25, 0.3) is 0 Å². The maximum atomic E-state index is 13.2. The zero-order valence-electron chi connectivity index (χ0n) is 10.9. The summed E-state index contributed by atoms with van der Waals surface area (Å²) in [4.78, 5) is 13.6. The molecule has 0 aliphatic carbocycles. The molecule has 3 aromatic rings. The lowest BCUT2D eigenvalue weighted by molar-refractivity contribution is 0.506. The second kappa shape index (κ2) is 5.14. The maximum absolute atomic E-state index is 13.2. The molecule has 3 N–H and O–H groups in total. The molecule has 0 aliphatic heterocycles. The third-order valence-electron chi connectivity index (χ3n) is 3.31. The summed E-state index contributed by atoms with van der Waals surface area (Å²) in [6.07, 6.45) is 0.345. The lowest BCUT2D eigenvalue weighted by Crippen LogP contribution is -2.13. The van der Waals surface area contributed by atoms with Crippen LogP contribution >= 0.6 is 0 Å². The number of nitrogens with one attached hydrogen (secondary N) is 1. The number of aromatic nitrogens is 1. The molecule has 4 nitrogen and oxygen atoms in total. The van der Waals surface area contributed by atoms with E-state index in [9.17, 15) is 13.6 Å². The molecule has 2 aromatic carbocycles. The number of benzene rings is 2. The van der Waals surface area contributed by atoms with E-state index < -0.39 is 23.4 Å². The van der Waals surface area contributed by atoms with E-state index in [4.69, 9.17) is 10.2 Å². The zero-order valence-corrected chi connectivity index (χ0v) is 10.9. The van der Waals surface area contributed by atoms with Crippen molar-refractivity contribution in [2.24, 2.45) is 5.73 Å². The van der Waals surface area contributed by atoms with Crippen LogP contribution in [0.15, 0.2) is 45.6 Å². The van der Waals surface area contributed by atoms with Crippen LogP contribution in [0.4, 0.5) is 8.78 Å². The number of hydrogen-bond acceptors (Lipinski definition) is 3. The van der Waals surface area contributed by atoms with E-state index in [1.807, 2.05) is 0 Å². The van der Waals surface area contributed by atoms with Crippen LogP contribution in [0.3, 0.4) is 0 Å². The quantitative estimate of drug-likeness (QED) is 0.779. The van der Waals surface area contributed by atoms with Gasteiger partial charge in [0.15, 0.2) is 17.2 Å². The molecule has 0 bridgehead atoms. The second-order valence-electron chi connectivity index (χ2n) is 4.83. The van der Waals surface area contributed by atoms with Crippen LogP contribution in [-0.4, -0.2) is 4.98 Å². The van der Waals surface area contributed by atoms with E-state index in [1.54, 1.807) is 18.2 Å². The number of hydrogen-bond donors (Lipinski definition) is 2. The highest BCUT2D eigenvalue weighted by atomic mass is 19.2. The van der Waals surface area contributed by atoms with Gasteiger partial charge >= 0.3 is 5.76 Å². The monoisotopic (exact) mass is 290 g/mol. The molecular weight excluding hydrogens is 278 g/mol. The molecule has 0 radical (unpaired) electrons. The highest BCUT2D eigenvalue weighted by Gasteiger charge is 2.11. The Hall–Kier alpha value is -2.47. The molecule has 0 saturated heterocycles. The van der Waals surface area contributed by atoms with Gasteiger partial charge in [0.05, 0.1) is 5.52 Å². The van der Waals surface area contributed by atoms with Crippen LogP contribution < -0.4 is 11.5 Å². The van der Waals surface area contributed by atoms with Crippen molar-refractivity contribution in [2.45, 2.75) is 12.5 Å². The van der Waals surface area contributed by atoms with E-state index in [2.05, 4.69) is 4.98 Å². The van der Waals surface area contributed by atoms with E-state index in [-0.39, 0.29) is 0 Å². The van der Waals surface area contributed by atoms with E-state index in [1.165, 1.54) is 6.07 Å². The Morgan fingerprint density at radius 1 is 1.14 bits per heavy atom. The van der Waals surface area contributed by atoms with Crippen molar-refractivity contribution in [1.82, 2.24) is 4.98 Å². The van der Waals surface area contributed by atoms with Crippen LogP contribution in [0.2, 0.25) is 0 Å². The molecule has 3 rings (SSSR count). The minimum absolute atomic E-state index is 0.345. The molecule has 1 aromatic heterocycles. The Morgan fingerprint density at radius 3 is 2.71 bits per heavy atom. The first kappa shape index (κ1) is 13.5. The number of fused-ring (bicyclic) bond motifs is 1. The fourth-order valence-electron chi connectivity index (χ4n) is 2.23. The molecule has 0 fully saturated rings. The zero-order chi connectivity index (χ0) is 15.0. The van der Waals surface area contributed by atoms with Gasteiger partial charge < -0.3 is 10.2 Å². The Bertz CT molecular complexity index is 854. The van der Waals surface area contributed by atoms with Crippen LogP contribution in [0, 0.1) is 11.6 Å². The van der Waals surface area contributed by atoms with Crippen molar-refractivity contribution in [3.05, 3.63) is 69.7 Å². The minimum Gasteiger partial charge on any atom is -0.408 e. The predicted molar refractivity (Wildman–Crippen MR) is 73.8 cm³/mol. The third-order valence-corrected chi connectivity index (χ3v) is 3.31. The van der Waals surface area contributed by atoms with Gasteiger partial charge in [-0.05, 0) is 41.8 Å². The van der Waals surface area contributed by atoms with Crippen molar-refractivity contribution in [3.8, 4) is 0 Å². The third kappa shape index (κ3) is 2.71. The summed E-state index contributed by atoms with van der Waals surface area (Å²) in [6, 6.07) is 8.40. The summed E-state index contributed by atoms with van der Waals surface area (Å²) in [5.74, 6) is -2.31. The van der Waals surface area contributed by atoms with Crippen molar-refractivity contribution in [1.29, 1.82) is 0 Å². The normalized spacial score (nSPS) is 12.7. The highest BCUT2D eigenvalue weighted by molar-refractivity contribution is 5.72. The molecule has 0 spiro atoms. The van der Waals surface area contributed by atoms with Crippen molar-refractivity contribution in [3.63, 3.8) is 0 Å². The van der Waals surface area contributed by atoms with Crippen LogP contribution in [-0.2, 0) is 6.42 Å². The Balaban J connectivity index is 1.87. The van der Waals surface area contributed by atoms with Crippen LogP contribution in [0.1, 0.15) is 17.2 Å². The van der Waals surface area contributed by atoms with Gasteiger partial charge in [0.1, 0.15) is 0 Å². The summed E-state index contributed by atoms with van der Waals surface area (Å²) < 4.78 is 31.0. The minimum atomic E-state index is -0.896. The maximum Gasteiger partial charge on any atom is 0.417 e. The fraction of sp³-hybridized carbons (Fsp3) is 0.133. The topological polar surface area (TPSA) is 72.0 Å². The predicted octanol–water partition coefficient (Wildman–Crippen LogP) is 2.64. The molecule has 1 heterocycles. The van der Waals surface area contributed by atoms with Gasteiger partial charge in [0, 0.05) is 6.04 Å². The molecule has 108 valence electrons. The average molecular weight is 290 g/mol. The molecule has 0 amide bonds. The van der Waals surface area contributed by atoms with E-state index in [0.717, 1.165) is 17.7 Å². The number of aromatic amines is 1. The van der Waals surface area contributed by atoms with E-state index in [0.29, 0.717) is 23.1 Å². The van der Waals surface area contributed by atoms with Crippen molar-refractivity contribution >= 4 is 11.1 Å². The Labute approximate surface area is 118 Å². The molecule has 21 heavy (non-hydrogen) atoms. The SMILES string of the molecule is NC(Cc1ccc(F)c(F)c1)c1ccc2[nH]c(=O)oc2c1. The number of halogens is 2. The fourth-order valence-corrected chi connectivity index (χ4v) is 2.23. The number of rotatable bonds is 3. The first-order valence-electron chi connectivity index (χ1n) is 6.35. The standard InChI is InChI=1S/C15H12F2N2O2/c16-10-3-1-8(5-11(10)17)6-12(18)9-2-4-13-14(7-9)21-15(20)19-13/h1-5,7,12H,6,18H2,(H,19,20). The van der Waals surface area contributed by atoms with Crippen LogP contribution in [0.5, 0.6) is 0 Å². The van der Waals surface area contributed by atoms with E-state index >= 15 is 0 Å². The van der Waals surface area contributed by atoms with Gasteiger partial charge in [-0.2, -0.15) is 0 Å². The summed E-state index contributed by atoms with van der Waals surface area (Å²) in [5.41, 5.74) is 8.41. The number of H-pyrrole nitrogens is 1. The van der Waals surface area contributed by atoms with Crippen molar-refractivity contribution in [2.75, 3.05) is 0 Å². The Kier molecular flexibility index (Phi) is 3.31. The molecular formula is C15H12F2N2O2. The van der Waals surface area contributed by atoms with Gasteiger partial charge in [-0.3, -0.25) is 4.98 Å². The molecule has 6 heteroatoms. The second-order valence-corrected chi connectivity index (χ2v) is 4.83. The summed E-state index contributed by atoms with van der Waals surface area (Å²) >= 11 is 0. The first-order valence-corrected chi connectivity index (χ1v) is 6.35. The highest BCUT2D eigenvalue weighted by Crippen LogP contribution is 2.21. The van der Waals surface area contributed by atoms with Gasteiger partial charge in [-0.15, -0.1) is 0 Å². The lowest BCUT2D eigenvalue weighted by Gasteiger charge is -2.12. The molecule has 1 atom stereocenters. The first-order chi connectivity index (χ1) is 10.0. The summed E-state index contributed by atoms with van der Waals surface area (Å²) in [7, 11) is 0. The molecule has 1 unspecified atom stereocenters. The largest absolute Gasteiger partial charge is 0.417 e. The number of nitrogens with two attached hydrogens (primary N) is 1. The summed E-state index contributed by atoms with van der Waals surface area (Å²) in [6.45, 7) is 0. The van der Waals surface area contributed by atoms with Gasteiger partial charge in [-0.25, -0.2) is 13.6 Å². The molecule has 0 saturated carbocycles. The Morgan fingerprint density at radius 2 is 1.95 bits per heavy atom. The number of oxazole rings is 1. The van der Waals surface area contributed by atoms with Crippen molar-refractivity contribution < 1.29 is 13.2 Å². The van der Waals surface area contributed by atoms with Gasteiger partial charge in [0.2, 0.25) is 0 Å².